The molecule has 0 aliphatic heterocycles. The normalized spacial score (nSPS) is 10.3. The third kappa shape index (κ3) is 2.13. The molecule has 0 saturated carbocycles. The summed E-state index contributed by atoms with van der Waals surface area (Å²) in [6.07, 6.45) is 1.03. The highest BCUT2D eigenvalue weighted by Crippen LogP contribution is 2.12. The van der Waals surface area contributed by atoms with E-state index in [0.29, 0.717) is 11.9 Å². The summed E-state index contributed by atoms with van der Waals surface area (Å²) < 4.78 is 1.62. The lowest BCUT2D eigenvalue weighted by Gasteiger charge is -2.00. The molecule has 0 aliphatic carbocycles. The number of nitrogens with one attached hydrogen (secondary N) is 1. The molecule has 0 unspecified atom stereocenters. The summed E-state index contributed by atoms with van der Waals surface area (Å²) >= 11 is 0. The molecule has 84 valence electrons. The number of hydrogen-bond donors (Lipinski definition) is 2. The van der Waals surface area contributed by atoms with Crippen LogP contribution in [0.3, 0.4) is 0 Å². The highest BCUT2D eigenvalue weighted by atomic mass is 15.4. The Balaban J connectivity index is 2.25. The van der Waals surface area contributed by atoms with Gasteiger partial charge in [-0.15, -0.1) is 5.10 Å². The molecule has 2 rings (SSSR count). The van der Waals surface area contributed by atoms with Crippen molar-refractivity contribution in [2.24, 2.45) is 0 Å². The monoisotopic (exact) mass is 217 g/mol. The van der Waals surface area contributed by atoms with Gasteiger partial charge in [0.05, 0.1) is 5.69 Å². The highest BCUT2D eigenvalue weighted by molar-refractivity contribution is 5.41. The Morgan fingerprint density at radius 3 is 2.75 bits per heavy atom. The number of nitrogens with two attached hydrogens (primary N) is 1. The van der Waals surface area contributed by atoms with Crippen molar-refractivity contribution in [1.29, 1.82) is 0 Å². The van der Waals surface area contributed by atoms with E-state index in [4.69, 9.17) is 5.73 Å². The topological polar surface area (TPSA) is 68.8 Å². The van der Waals surface area contributed by atoms with Gasteiger partial charge in [0.15, 0.2) is 0 Å². The molecule has 0 fully saturated rings. The van der Waals surface area contributed by atoms with Crippen molar-refractivity contribution in [2.75, 3.05) is 17.6 Å². The molecule has 2 aromatic rings. The number of aromatic nitrogens is 3. The molecule has 0 aliphatic rings. The van der Waals surface area contributed by atoms with Gasteiger partial charge in [0.25, 0.3) is 0 Å². The smallest absolute Gasteiger partial charge is 0.244 e. The number of nitrogen functional groups attached to an aromatic ring is 1. The number of nitrogens with zero attached hydrogens (tertiary/aromatic N) is 3. The van der Waals surface area contributed by atoms with Crippen LogP contribution in [-0.4, -0.2) is 21.3 Å². The molecule has 0 saturated heterocycles. The molecule has 16 heavy (non-hydrogen) atoms. The van der Waals surface area contributed by atoms with Crippen molar-refractivity contribution in [3.8, 4) is 5.69 Å². The summed E-state index contributed by atoms with van der Waals surface area (Å²) in [5.74, 6) is 0.966. The molecule has 0 spiro atoms. The first-order chi connectivity index (χ1) is 7.81. The minimum absolute atomic E-state index is 0.393. The Hall–Kier alpha value is -2.04. The molecule has 1 heterocycles. The van der Waals surface area contributed by atoms with Gasteiger partial charge in [0.2, 0.25) is 11.9 Å². The van der Waals surface area contributed by atoms with E-state index >= 15 is 0 Å². The van der Waals surface area contributed by atoms with Gasteiger partial charge in [0, 0.05) is 6.54 Å². The van der Waals surface area contributed by atoms with Gasteiger partial charge in [-0.05, 0) is 18.6 Å². The van der Waals surface area contributed by atoms with Crippen LogP contribution in [0.5, 0.6) is 0 Å². The molecule has 0 atom stereocenters. The Morgan fingerprint density at radius 2 is 2.06 bits per heavy atom. The van der Waals surface area contributed by atoms with Crippen LogP contribution in [0.4, 0.5) is 11.9 Å². The molecular formula is C11H15N5. The Kier molecular flexibility index (Phi) is 3.05. The zero-order chi connectivity index (χ0) is 11.4. The standard InChI is InChI=1S/C11H15N5/c1-2-8-13-11-14-10(12)16(15-11)9-6-4-3-5-7-9/h3-7H,2,8H2,1H3,(H3,12,13,14,15). The predicted octanol–water partition coefficient (Wildman–Crippen LogP) is 1.67. The minimum atomic E-state index is 0.393. The van der Waals surface area contributed by atoms with E-state index in [1.165, 1.54) is 0 Å². The number of para-hydroxylation sites is 1. The van der Waals surface area contributed by atoms with Crippen LogP contribution in [0.1, 0.15) is 13.3 Å². The van der Waals surface area contributed by atoms with Crippen molar-refractivity contribution in [1.82, 2.24) is 14.8 Å². The zero-order valence-electron chi connectivity index (χ0n) is 9.22. The van der Waals surface area contributed by atoms with Gasteiger partial charge in [-0.2, -0.15) is 9.67 Å². The van der Waals surface area contributed by atoms with Crippen LogP contribution in [0, 0.1) is 0 Å². The largest absolute Gasteiger partial charge is 0.368 e. The Labute approximate surface area is 94.3 Å². The molecule has 0 bridgehead atoms. The summed E-state index contributed by atoms with van der Waals surface area (Å²) in [6.45, 7) is 2.93. The summed E-state index contributed by atoms with van der Waals surface area (Å²) in [5.41, 5.74) is 6.71. The fraction of sp³-hybridized carbons (Fsp3) is 0.273. The van der Waals surface area contributed by atoms with Gasteiger partial charge in [-0.25, -0.2) is 0 Å². The van der Waals surface area contributed by atoms with E-state index in [0.717, 1.165) is 18.7 Å². The quantitative estimate of drug-likeness (QED) is 0.817. The average molecular weight is 217 g/mol. The van der Waals surface area contributed by atoms with Crippen LogP contribution < -0.4 is 11.1 Å². The van der Waals surface area contributed by atoms with Gasteiger partial charge in [0.1, 0.15) is 0 Å². The average Bonchev–Trinajstić information content (AvgIpc) is 2.69. The number of anilines is 2. The Bertz CT molecular complexity index is 449. The fourth-order valence-corrected chi connectivity index (χ4v) is 1.40. The summed E-state index contributed by atoms with van der Waals surface area (Å²) in [7, 11) is 0. The zero-order valence-corrected chi connectivity index (χ0v) is 9.22. The van der Waals surface area contributed by atoms with E-state index in [1.807, 2.05) is 30.3 Å². The first-order valence-electron chi connectivity index (χ1n) is 5.33. The van der Waals surface area contributed by atoms with Crippen molar-refractivity contribution in [3.63, 3.8) is 0 Å². The minimum Gasteiger partial charge on any atom is -0.368 e. The van der Waals surface area contributed by atoms with Gasteiger partial charge < -0.3 is 11.1 Å². The van der Waals surface area contributed by atoms with E-state index in [-0.39, 0.29) is 0 Å². The van der Waals surface area contributed by atoms with Crippen molar-refractivity contribution >= 4 is 11.9 Å². The maximum absolute atomic E-state index is 5.79. The number of hydrogen-bond acceptors (Lipinski definition) is 4. The first-order valence-corrected chi connectivity index (χ1v) is 5.33. The Morgan fingerprint density at radius 1 is 1.31 bits per heavy atom. The number of rotatable bonds is 4. The lowest BCUT2D eigenvalue weighted by atomic mass is 10.3. The lowest BCUT2D eigenvalue weighted by Crippen LogP contribution is -2.03. The summed E-state index contributed by atoms with van der Waals surface area (Å²) in [5, 5.41) is 7.39. The van der Waals surface area contributed by atoms with Crippen molar-refractivity contribution in [2.45, 2.75) is 13.3 Å². The van der Waals surface area contributed by atoms with E-state index < -0.39 is 0 Å². The van der Waals surface area contributed by atoms with Gasteiger partial charge in [-0.3, -0.25) is 0 Å². The second-order valence-electron chi connectivity index (χ2n) is 3.47. The molecular weight excluding hydrogens is 202 g/mol. The van der Waals surface area contributed by atoms with Crippen molar-refractivity contribution < 1.29 is 0 Å². The van der Waals surface area contributed by atoms with Crippen LogP contribution in [-0.2, 0) is 0 Å². The third-order valence-corrected chi connectivity index (χ3v) is 2.17. The van der Waals surface area contributed by atoms with Crippen LogP contribution >= 0.6 is 0 Å². The predicted molar refractivity (Wildman–Crippen MR) is 64.6 cm³/mol. The van der Waals surface area contributed by atoms with Gasteiger partial charge >= 0.3 is 0 Å². The van der Waals surface area contributed by atoms with E-state index in [9.17, 15) is 0 Å². The SMILES string of the molecule is CCCNc1nc(N)n(-c2ccccc2)n1. The second kappa shape index (κ2) is 4.65. The molecule has 1 aromatic carbocycles. The molecule has 3 N–H and O–H groups in total. The maximum atomic E-state index is 5.79. The first kappa shape index (κ1) is 10.5. The van der Waals surface area contributed by atoms with Crippen LogP contribution in [0.25, 0.3) is 5.69 Å². The fourth-order valence-electron chi connectivity index (χ4n) is 1.40. The van der Waals surface area contributed by atoms with E-state index in [1.54, 1.807) is 4.68 Å². The third-order valence-electron chi connectivity index (χ3n) is 2.17. The van der Waals surface area contributed by atoms with Crippen LogP contribution in [0.15, 0.2) is 30.3 Å². The molecule has 5 heteroatoms. The van der Waals surface area contributed by atoms with Gasteiger partial charge in [-0.1, -0.05) is 25.1 Å². The van der Waals surface area contributed by atoms with Crippen molar-refractivity contribution in [3.05, 3.63) is 30.3 Å². The maximum Gasteiger partial charge on any atom is 0.244 e. The molecule has 0 radical (unpaired) electrons. The summed E-state index contributed by atoms with van der Waals surface area (Å²) in [4.78, 5) is 4.14. The second-order valence-corrected chi connectivity index (χ2v) is 3.47. The summed E-state index contributed by atoms with van der Waals surface area (Å²) in [6, 6.07) is 9.71. The molecule has 5 nitrogen and oxygen atoms in total. The lowest BCUT2D eigenvalue weighted by molar-refractivity contribution is 0.880. The highest BCUT2D eigenvalue weighted by Gasteiger charge is 2.07. The van der Waals surface area contributed by atoms with Crippen LogP contribution in [0.2, 0.25) is 0 Å². The van der Waals surface area contributed by atoms with E-state index in [2.05, 4.69) is 22.3 Å². The number of benzene rings is 1. The molecule has 0 amide bonds. The molecule has 1 aromatic heterocycles.